The van der Waals surface area contributed by atoms with Crippen molar-refractivity contribution in [3.63, 3.8) is 0 Å². The third-order valence-corrected chi connectivity index (χ3v) is 2.92. The maximum Gasteiger partial charge on any atom is 0.244 e. The van der Waals surface area contributed by atoms with Gasteiger partial charge in [0.15, 0.2) is 0 Å². The first-order valence-electron chi connectivity index (χ1n) is 6.29. The Labute approximate surface area is 113 Å². The van der Waals surface area contributed by atoms with E-state index in [1.807, 2.05) is 0 Å². The van der Waals surface area contributed by atoms with E-state index in [1.165, 1.54) is 0 Å². The second kappa shape index (κ2) is 6.33. The fourth-order valence-electron chi connectivity index (χ4n) is 1.32. The molecule has 19 heavy (non-hydrogen) atoms. The predicted octanol–water partition coefficient (Wildman–Crippen LogP) is 1.97. The summed E-state index contributed by atoms with van der Waals surface area (Å²) >= 11 is 0. The Kier molecular flexibility index (Phi) is 5.06. The van der Waals surface area contributed by atoms with Gasteiger partial charge in [0.2, 0.25) is 11.8 Å². The minimum Gasteiger partial charge on any atom is -0.326 e. The number of carbonyl (C=O) groups excluding carboxylic acids is 2. The molecular formula is C14H21N3O2. The number of hydrogen-bond donors (Lipinski definition) is 3. The van der Waals surface area contributed by atoms with E-state index in [0.717, 1.165) is 0 Å². The van der Waals surface area contributed by atoms with Gasteiger partial charge in [0.25, 0.3) is 0 Å². The van der Waals surface area contributed by atoms with Crippen LogP contribution in [0.5, 0.6) is 0 Å². The Hall–Kier alpha value is -1.88. The number of carbonyl (C=O) groups is 2. The minimum atomic E-state index is -0.650. The molecule has 0 aliphatic carbocycles. The summed E-state index contributed by atoms with van der Waals surface area (Å²) in [6.45, 7) is 5.38. The molecule has 0 saturated carbocycles. The molecule has 0 spiro atoms. The lowest BCUT2D eigenvalue weighted by Gasteiger charge is -2.22. The molecule has 3 N–H and O–H groups in total. The van der Waals surface area contributed by atoms with Gasteiger partial charge in [-0.15, -0.1) is 0 Å². The van der Waals surface area contributed by atoms with E-state index in [1.54, 1.807) is 52.1 Å². The summed E-state index contributed by atoms with van der Waals surface area (Å²) < 4.78 is 0. The summed E-state index contributed by atoms with van der Waals surface area (Å²) in [6, 6.07) is 7.09. The quantitative estimate of drug-likeness (QED) is 0.760. The zero-order valence-corrected chi connectivity index (χ0v) is 11.8. The van der Waals surface area contributed by atoms with Gasteiger partial charge >= 0.3 is 0 Å². The first-order chi connectivity index (χ1) is 8.89. The van der Waals surface area contributed by atoms with Gasteiger partial charge in [-0.05, 0) is 39.1 Å². The maximum atomic E-state index is 12.0. The van der Waals surface area contributed by atoms with Gasteiger partial charge < -0.3 is 16.0 Å². The van der Waals surface area contributed by atoms with Crippen LogP contribution in [0.2, 0.25) is 0 Å². The SMILES string of the molecule is CCC(=O)Nc1cccc(NC(=O)C(C)(C)NC)c1. The molecule has 0 radical (unpaired) electrons. The van der Waals surface area contributed by atoms with Crippen LogP contribution in [0, 0.1) is 0 Å². The summed E-state index contributed by atoms with van der Waals surface area (Å²) in [5, 5.41) is 8.50. The van der Waals surface area contributed by atoms with Gasteiger partial charge in [0.1, 0.15) is 0 Å². The number of rotatable bonds is 5. The Morgan fingerprint density at radius 1 is 1.16 bits per heavy atom. The lowest BCUT2D eigenvalue weighted by atomic mass is 10.1. The summed E-state index contributed by atoms with van der Waals surface area (Å²) in [5.41, 5.74) is 0.678. The van der Waals surface area contributed by atoms with Gasteiger partial charge in [-0.25, -0.2) is 0 Å². The van der Waals surface area contributed by atoms with Crippen LogP contribution in [0.25, 0.3) is 0 Å². The van der Waals surface area contributed by atoms with Crippen molar-refractivity contribution in [1.82, 2.24) is 5.32 Å². The molecule has 0 aliphatic rings. The van der Waals surface area contributed by atoms with Crippen LogP contribution in [0.3, 0.4) is 0 Å². The average Bonchev–Trinajstić information content (AvgIpc) is 2.38. The van der Waals surface area contributed by atoms with E-state index in [4.69, 9.17) is 0 Å². The molecule has 0 aliphatic heterocycles. The molecule has 104 valence electrons. The molecule has 5 nitrogen and oxygen atoms in total. The molecule has 0 heterocycles. The van der Waals surface area contributed by atoms with Gasteiger partial charge in [-0.2, -0.15) is 0 Å². The highest BCUT2D eigenvalue weighted by Crippen LogP contribution is 2.16. The monoisotopic (exact) mass is 263 g/mol. The van der Waals surface area contributed by atoms with Crippen LogP contribution in [-0.2, 0) is 9.59 Å². The fourth-order valence-corrected chi connectivity index (χ4v) is 1.32. The molecular weight excluding hydrogens is 242 g/mol. The Balaban J connectivity index is 2.77. The van der Waals surface area contributed by atoms with Crippen LogP contribution < -0.4 is 16.0 Å². The molecule has 0 unspecified atom stereocenters. The summed E-state index contributed by atoms with van der Waals surface area (Å²) in [6.07, 6.45) is 0.420. The first kappa shape index (κ1) is 15.2. The maximum absolute atomic E-state index is 12.0. The molecule has 1 rings (SSSR count). The predicted molar refractivity (Wildman–Crippen MR) is 77.1 cm³/mol. The third-order valence-electron chi connectivity index (χ3n) is 2.92. The molecule has 0 atom stereocenters. The van der Waals surface area contributed by atoms with Gasteiger partial charge in [0.05, 0.1) is 5.54 Å². The van der Waals surface area contributed by atoms with Crippen LogP contribution in [0.4, 0.5) is 11.4 Å². The Morgan fingerprint density at radius 2 is 1.74 bits per heavy atom. The van der Waals surface area contributed by atoms with Gasteiger partial charge in [0, 0.05) is 17.8 Å². The standard InChI is InChI=1S/C14H21N3O2/c1-5-12(18)16-10-7-6-8-11(9-10)17-13(19)14(2,3)15-4/h6-9,15H,5H2,1-4H3,(H,16,18)(H,17,19). The van der Waals surface area contributed by atoms with Crippen molar-refractivity contribution in [1.29, 1.82) is 0 Å². The van der Waals surface area contributed by atoms with Gasteiger partial charge in [-0.1, -0.05) is 13.0 Å². The molecule has 5 heteroatoms. The smallest absolute Gasteiger partial charge is 0.244 e. The van der Waals surface area contributed by atoms with Crippen molar-refractivity contribution in [2.24, 2.45) is 0 Å². The average molecular weight is 263 g/mol. The first-order valence-corrected chi connectivity index (χ1v) is 6.29. The van der Waals surface area contributed by atoms with Crippen molar-refractivity contribution >= 4 is 23.2 Å². The highest BCUT2D eigenvalue weighted by atomic mass is 16.2. The molecule has 0 saturated heterocycles. The Morgan fingerprint density at radius 3 is 2.26 bits per heavy atom. The number of amides is 2. The Bertz CT molecular complexity index is 470. The number of nitrogens with one attached hydrogen (secondary N) is 3. The van der Waals surface area contributed by atoms with E-state index in [0.29, 0.717) is 17.8 Å². The van der Waals surface area contributed by atoms with Crippen LogP contribution in [-0.4, -0.2) is 24.4 Å². The zero-order chi connectivity index (χ0) is 14.5. The van der Waals surface area contributed by atoms with Crippen LogP contribution in [0.15, 0.2) is 24.3 Å². The van der Waals surface area contributed by atoms with Crippen LogP contribution in [0.1, 0.15) is 27.2 Å². The summed E-state index contributed by atoms with van der Waals surface area (Å²) in [5.74, 6) is -0.187. The largest absolute Gasteiger partial charge is 0.326 e. The second-order valence-corrected chi connectivity index (χ2v) is 4.81. The van der Waals surface area contributed by atoms with Crippen molar-refractivity contribution < 1.29 is 9.59 Å². The minimum absolute atomic E-state index is 0.0565. The fraction of sp³-hybridized carbons (Fsp3) is 0.429. The van der Waals surface area contributed by atoms with Crippen molar-refractivity contribution in [2.45, 2.75) is 32.7 Å². The molecule has 0 bridgehead atoms. The third kappa shape index (κ3) is 4.37. The molecule has 2 amide bonds. The number of anilines is 2. The number of likely N-dealkylation sites (N-methyl/N-ethyl adjacent to an activating group) is 1. The highest BCUT2D eigenvalue weighted by molar-refractivity contribution is 5.98. The van der Waals surface area contributed by atoms with Gasteiger partial charge in [-0.3, -0.25) is 9.59 Å². The van der Waals surface area contributed by atoms with E-state index < -0.39 is 5.54 Å². The van der Waals surface area contributed by atoms with E-state index in [2.05, 4.69) is 16.0 Å². The summed E-state index contributed by atoms with van der Waals surface area (Å²) in [4.78, 5) is 23.3. The molecule has 0 fully saturated rings. The topological polar surface area (TPSA) is 70.2 Å². The zero-order valence-electron chi connectivity index (χ0n) is 11.8. The molecule has 1 aromatic carbocycles. The number of benzene rings is 1. The molecule has 1 aromatic rings. The van der Waals surface area contributed by atoms with Crippen molar-refractivity contribution in [3.8, 4) is 0 Å². The van der Waals surface area contributed by atoms with E-state index in [-0.39, 0.29) is 11.8 Å². The second-order valence-electron chi connectivity index (χ2n) is 4.81. The lowest BCUT2D eigenvalue weighted by Crippen LogP contribution is -2.47. The van der Waals surface area contributed by atoms with E-state index >= 15 is 0 Å². The van der Waals surface area contributed by atoms with E-state index in [9.17, 15) is 9.59 Å². The van der Waals surface area contributed by atoms with Crippen LogP contribution >= 0.6 is 0 Å². The highest BCUT2D eigenvalue weighted by Gasteiger charge is 2.25. The number of hydrogen-bond acceptors (Lipinski definition) is 3. The normalized spacial score (nSPS) is 10.9. The summed E-state index contributed by atoms with van der Waals surface area (Å²) in [7, 11) is 1.73. The van der Waals surface area contributed by atoms with Crippen molar-refractivity contribution in [2.75, 3.05) is 17.7 Å². The van der Waals surface area contributed by atoms with Crippen molar-refractivity contribution in [3.05, 3.63) is 24.3 Å². The molecule has 0 aromatic heterocycles. The lowest BCUT2D eigenvalue weighted by molar-refractivity contribution is -0.121.